The quantitative estimate of drug-likeness (QED) is 0.709. The average molecular weight is 339 g/mol. The Balaban J connectivity index is 1.75. The third-order valence-corrected chi connectivity index (χ3v) is 5.25. The van der Waals surface area contributed by atoms with Crippen LogP contribution in [0.1, 0.15) is 19.8 Å². The minimum Gasteiger partial charge on any atom is -0.326 e. The summed E-state index contributed by atoms with van der Waals surface area (Å²) in [5.74, 6) is 0.0164. The van der Waals surface area contributed by atoms with Crippen LogP contribution in [-0.4, -0.2) is 44.3 Å². The lowest BCUT2D eigenvalue weighted by atomic mass is 10.2. The van der Waals surface area contributed by atoms with Crippen LogP contribution in [0.4, 0.5) is 11.4 Å². The third-order valence-electron chi connectivity index (χ3n) is 3.48. The van der Waals surface area contributed by atoms with Crippen molar-refractivity contribution in [1.82, 2.24) is 5.32 Å². The molecule has 0 radical (unpaired) electrons. The summed E-state index contributed by atoms with van der Waals surface area (Å²) in [4.78, 5) is 22.9. The van der Waals surface area contributed by atoms with E-state index >= 15 is 0 Å². The summed E-state index contributed by atoms with van der Waals surface area (Å²) in [6.45, 7) is 1.84. The topological polar surface area (TPSA) is 104 Å². The highest BCUT2D eigenvalue weighted by Crippen LogP contribution is 2.15. The van der Waals surface area contributed by atoms with Crippen molar-refractivity contribution in [3.63, 3.8) is 0 Å². The van der Waals surface area contributed by atoms with Crippen LogP contribution in [0.15, 0.2) is 24.3 Å². The normalized spacial score (nSPS) is 19.3. The first-order valence-electron chi connectivity index (χ1n) is 7.45. The van der Waals surface area contributed by atoms with Crippen LogP contribution < -0.4 is 16.0 Å². The first kappa shape index (κ1) is 17.4. The number of rotatable bonds is 6. The van der Waals surface area contributed by atoms with Crippen LogP contribution in [-0.2, 0) is 19.4 Å². The van der Waals surface area contributed by atoms with Crippen LogP contribution in [0.5, 0.6) is 0 Å². The van der Waals surface area contributed by atoms with Gasteiger partial charge in [0, 0.05) is 37.3 Å². The number of hydrogen-bond acceptors (Lipinski definition) is 5. The van der Waals surface area contributed by atoms with E-state index in [1.165, 1.54) is 6.92 Å². The van der Waals surface area contributed by atoms with Gasteiger partial charge in [0.25, 0.3) is 0 Å². The monoisotopic (exact) mass is 339 g/mol. The van der Waals surface area contributed by atoms with Crippen LogP contribution in [0.2, 0.25) is 0 Å². The van der Waals surface area contributed by atoms with Gasteiger partial charge in [-0.05, 0) is 24.6 Å². The van der Waals surface area contributed by atoms with Crippen molar-refractivity contribution in [3.05, 3.63) is 24.3 Å². The molecule has 1 aliphatic heterocycles. The third kappa shape index (κ3) is 5.99. The van der Waals surface area contributed by atoms with Gasteiger partial charge in [-0.25, -0.2) is 8.42 Å². The molecule has 7 nitrogen and oxygen atoms in total. The number of nitrogens with one attached hydrogen (secondary N) is 3. The maximum Gasteiger partial charge on any atom is 0.225 e. The zero-order valence-corrected chi connectivity index (χ0v) is 13.8. The van der Waals surface area contributed by atoms with Crippen LogP contribution >= 0.6 is 0 Å². The molecule has 0 saturated carbocycles. The fourth-order valence-electron chi connectivity index (χ4n) is 2.45. The Kier molecular flexibility index (Phi) is 5.73. The van der Waals surface area contributed by atoms with E-state index in [0.29, 0.717) is 24.3 Å². The molecular weight excluding hydrogens is 318 g/mol. The SMILES string of the molecule is CC(=O)Nc1cccc(NC(=O)CCNC2CCS(=O)(=O)C2)c1. The number of anilines is 2. The molecule has 8 heteroatoms. The van der Waals surface area contributed by atoms with Gasteiger partial charge in [0.2, 0.25) is 11.8 Å². The molecule has 1 fully saturated rings. The molecule has 1 aliphatic rings. The molecule has 1 heterocycles. The van der Waals surface area contributed by atoms with Gasteiger partial charge < -0.3 is 16.0 Å². The Labute approximate surface area is 135 Å². The van der Waals surface area contributed by atoms with Crippen molar-refractivity contribution >= 4 is 33.0 Å². The van der Waals surface area contributed by atoms with Crippen LogP contribution in [0, 0.1) is 0 Å². The summed E-state index contributed by atoms with van der Waals surface area (Å²) < 4.78 is 22.7. The van der Waals surface area contributed by atoms with Crippen molar-refractivity contribution < 1.29 is 18.0 Å². The second-order valence-electron chi connectivity index (χ2n) is 5.61. The first-order valence-corrected chi connectivity index (χ1v) is 9.27. The molecule has 3 N–H and O–H groups in total. The Hall–Kier alpha value is -1.93. The molecule has 2 amide bonds. The molecule has 23 heavy (non-hydrogen) atoms. The predicted molar refractivity (Wildman–Crippen MR) is 89.1 cm³/mol. The van der Waals surface area contributed by atoms with E-state index in [2.05, 4.69) is 16.0 Å². The highest BCUT2D eigenvalue weighted by molar-refractivity contribution is 7.91. The Morgan fingerprint density at radius 1 is 1.22 bits per heavy atom. The van der Waals surface area contributed by atoms with Gasteiger partial charge in [-0.15, -0.1) is 0 Å². The molecule has 1 saturated heterocycles. The van der Waals surface area contributed by atoms with Crippen molar-refractivity contribution in [1.29, 1.82) is 0 Å². The van der Waals surface area contributed by atoms with Gasteiger partial charge in [0.1, 0.15) is 0 Å². The zero-order chi connectivity index (χ0) is 16.9. The van der Waals surface area contributed by atoms with E-state index < -0.39 is 9.84 Å². The maximum absolute atomic E-state index is 11.9. The van der Waals surface area contributed by atoms with Crippen molar-refractivity contribution in [2.75, 3.05) is 28.7 Å². The summed E-state index contributed by atoms with van der Waals surface area (Å²) in [5, 5.41) is 8.49. The molecule has 1 aromatic rings. The van der Waals surface area contributed by atoms with Crippen molar-refractivity contribution in [2.45, 2.75) is 25.8 Å². The molecule has 1 unspecified atom stereocenters. The Bertz CT molecular complexity index is 688. The minimum absolute atomic E-state index is 0.0594. The van der Waals surface area contributed by atoms with Crippen molar-refractivity contribution in [2.24, 2.45) is 0 Å². The average Bonchev–Trinajstić information content (AvgIpc) is 2.78. The first-order chi connectivity index (χ1) is 10.8. The Morgan fingerprint density at radius 2 is 1.91 bits per heavy atom. The molecule has 0 aromatic heterocycles. The minimum atomic E-state index is -2.91. The summed E-state index contributed by atoms with van der Waals surface area (Å²) >= 11 is 0. The predicted octanol–water partition coefficient (Wildman–Crippen LogP) is 0.750. The molecule has 1 aromatic carbocycles. The maximum atomic E-state index is 11.9. The molecule has 2 rings (SSSR count). The molecule has 0 bridgehead atoms. The smallest absolute Gasteiger partial charge is 0.225 e. The lowest BCUT2D eigenvalue weighted by Gasteiger charge is -2.11. The second kappa shape index (κ2) is 7.56. The zero-order valence-electron chi connectivity index (χ0n) is 13.0. The summed E-state index contributed by atoms with van der Waals surface area (Å²) in [6.07, 6.45) is 0.851. The fraction of sp³-hybridized carbons (Fsp3) is 0.467. The van der Waals surface area contributed by atoms with E-state index in [1.54, 1.807) is 24.3 Å². The van der Waals surface area contributed by atoms with Gasteiger partial charge in [-0.2, -0.15) is 0 Å². The van der Waals surface area contributed by atoms with Crippen LogP contribution in [0.3, 0.4) is 0 Å². The van der Waals surface area contributed by atoms with E-state index in [1.807, 2.05) is 0 Å². The van der Waals surface area contributed by atoms with Gasteiger partial charge in [0.05, 0.1) is 11.5 Å². The number of carbonyl (C=O) groups is 2. The number of sulfone groups is 1. The van der Waals surface area contributed by atoms with Gasteiger partial charge >= 0.3 is 0 Å². The van der Waals surface area contributed by atoms with Gasteiger partial charge in [-0.3, -0.25) is 9.59 Å². The van der Waals surface area contributed by atoms with E-state index in [9.17, 15) is 18.0 Å². The van der Waals surface area contributed by atoms with E-state index in [4.69, 9.17) is 0 Å². The molecule has 0 spiro atoms. The number of carbonyl (C=O) groups excluding carboxylic acids is 2. The molecular formula is C15H21N3O4S. The van der Waals surface area contributed by atoms with Crippen LogP contribution in [0.25, 0.3) is 0 Å². The second-order valence-corrected chi connectivity index (χ2v) is 7.84. The summed E-state index contributed by atoms with van der Waals surface area (Å²) in [6, 6.07) is 6.83. The molecule has 126 valence electrons. The van der Waals surface area contributed by atoms with Crippen molar-refractivity contribution in [3.8, 4) is 0 Å². The molecule has 1 atom stereocenters. The van der Waals surface area contributed by atoms with Gasteiger partial charge in [0.15, 0.2) is 9.84 Å². The largest absolute Gasteiger partial charge is 0.326 e. The number of benzene rings is 1. The standard InChI is InChI=1S/C15H21N3O4S/c1-11(19)17-12-3-2-4-13(9-12)18-15(20)5-7-16-14-6-8-23(21,22)10-14/h2-4,9,14,16H,5-8,10H2,1H3,(H,17,19)(H,18,20). The number of hydrogen-bond donors (Lipinski definition) is 3. The van der Waals surface area contributed by atoms with E-state index in [-0.39, 0.29) is 35.8 Å². The lowest BCUT2D eigenvalue weighted by Crippen LogP contribution is -2.32. The van der Waals surface area contributed by atoms with E-state index in [0.717, 1.165) is 0 Å². The fourth-order valence-corrected chi connectivity index (χ4v) is 4.16. The summed E-state index contributed by atoms with van der Waals surface area (Å²) in [7, 11) is -2.91. The lowest BCUT2D eigenvalue weighted by molar-refractivity contribution is -0.116. The Morgan fingerprint density at radius 3 is 2.52 bits per heavy atom. The van der Waals surface area contributed by atoms with Gasteiger partial charge in [-0.1, -0.05) is 6.07 Å². The number of amides is 2. The highest BCUT2D eigenvalue weighted by Gasteiger charge is 2.27. The molecule has 0 aliphatic carbocycles. The highest BCUT2D eigenvalue weighted by atomic mass is 32.2. The summed E-state index contributed by atoms with van der Waals surface area (Å²) in [5.41, 5.74) is 1.22.